The number of aromatic hydroxyl groups is 1. The van der Waals surface area contributed by atoms with Crippen LogP contribution in [0, 0.1) is 6.92 Å². The zero-order valence-corrected chi connectivity index (χ0v) is 12.4. The van der Waals surface area contributed by atoms with E-state index in [9.17, 15) is 5.11 Å². The zero-order chi connectivity index (χ0) is 15.5. The number of hydrogen-bond donors (Lipinski definition) is 3. The molecule has 0 aliphatic heterocycles. The van der Waals surface area contributed by atoms with Crippen molar-refractivity contribution in [1.82, 2.24) is 10.2 Å². The van der Waals surface area contributed by atoms with Gasteiger partial charge in [-0.3, -0.25) is 5.10 Å². The van der Waals surface area contributed by atoms with E-state index in [4.69, 9.17) is 4.74 Å². The summed E-state index contributed by atoms with van der Waals surface area (Å²) in [5, 5.41) is 19.9. The highest BCUT2D eigenvalue weighted by Gasteiger charge is 2.06. The van der Waals surface area contributed by atoms with E-state index < -0.39 is 0 Å². The Bertz CT molecular complexity index is 779. The molecule has 2 aromatic carbocycles. The highest BCUT2D eigenvalue weighted by atomic mass is 16.5. The summed E-state index contributed by atoms with van der Waals surface area (Å²) >= 11 is 0. The highest BCUT2D eigenvalue weighted by molar-refractivity contribution is 5.68. The lowest BCUT2D eigenvalue weighted by atomic mass is 10.1. The van der Waals surface area contributed by atoms with Gasteiger partial charge in [0.15, 0.2) is 5.82 Å². The third-order valence-corrected chi connectivity index (χ3v) is 3.45. The maximum absolute atomic E-state index is 9.44. The van der Waals surface area contributed by atoms with Gasteiger partial charge in [0.2, 0.25) is 0 Å². The summed E-state index contributed by atoms with van der Waals surface area (Å²) in [7, 11) is 1.65. The first-order valence-corrected chi connectivity index (χ1v) is 6.92. The van der Waals surface area contributed by atoms with Gasteiger partial charge >= 0.3 is 0 Å². The largest absolute Gasteiger partial charge is 0.508 e. The molecule has 0 spiro atoms. The van der Waals surface area contributed by atoms with Crippen LogP contribution in [0.4, 0.5) is 11.5 Å². The summed E-state index contributed by atoms with van der Waals surface area (Å²) < 4.78 is 5.15. The predicted octanol–water partition coefficient (Wildman–Crippen LogP) is 3.84. The molecule has 0 atom stereocenters. The average molecular weight is 295 g/mol. The van der Waals surface area contributed by atoms with Crippen LogP contribution < -0.4 is 10.1 Å². The molecule has 5 nitrogen and oxygen atoms in total. The molecule has 1 heterocycles. The summed E-state index contributed by atoms with van der Waals surface area (Å²) in [6, 6.07) is 14.9. The number of rotatable bonds is 4. The first-order valence-electron chi connectivity index (χ1n) is 6.92. The van der Waals surface area contributed by atoms with Gasteiger partial charge in [-0.2, -0.15) is 5.10 Å². The van der Waals surface area contributed by atoms with Crippen molar-refractivity contribution in [2.24, 2.45) is 0 Å². The molecule has 0 saturated carbocycles. The quantitative estimate of drug-likeness (QED) is 0.639. The van der Waals surface area contributed by atoms with Crippen molar-refractivity contribution in [2.75, 3.05) is 12.4 Å². The van der Waals surface area contributed by atoms with Crippen LogP contribution in [0.1, 0.15) is 5.56 Å². The molecule has 0 radical (unpaired) electrons. The van der Waals surface area contributed by atoms with Crippen LogP contribution in [0.5, 0.6) is 11.5 Å². The van der Waals surface area contributed by atoms with Gasteiger partial charge in [0.1, 0.15) is 11.5 Å². The van der Waals surface area contributed by atoms with Crippen LogP contribution in [0.25, 0.3) is 11.3 Å². The Morgan fingerprint density at radius 1 is 1.09 bits per heavy atom. The Kier molecular flexibility index (Phi) is 3.70. The molecule has 0 amide bonds. The number of aromatic nitrogens is 2. The minimum absolute atomic E-state index is 0.254. The van der Waals surface area contributed by atoms with Crippen molar-refractivity contribution in [3.8, 4) is 22.8 Å². The summed E-state index contributed by atoms with van der Waals surface area (Å²) in [4.78, 5) is 0. The number of phenolic OH excluding ortho intramolecular Hbond substituents is 1. The number of phenols is 1. The highest BCUT2D eigenvalue weighted by Crippen LogP contribution is 2.26. The van der Waals surface area contributed by atoms with Crippen LogP contribution in [0.2, 0.25) is 0 Å². The number of anilines is 2. The second-order valence-corrected chi connectivity index (χ2v) is 5.02. The Morgan fingerprint density at radius 3 is 2.55 bits per heavy atom. The van der Waals surface area contributed by atoms with Crippen LogP contribution in [-0.2, 0) is 0 Å². The molecule has 3 N–H and O–H groups in total. The van der Waals surface area contributed by atoms with Gasteiger partial charge < -0.3 is 15.2 Å². The van der Waals surface area contributed by atoms with Gasteiger partial charge in [0.25, 0.3) is 0 Å². The van der Waals surface area contributed by atoms with Gasteiger partial charge in [0.05, 0.1) is 12.8 Å². The standard InChI is InChI=1S/C17H17N3O2/c1-11-9-13(21)5-8-15(11)18-17-10-16(19-20-17)12-3-6-14(22-2)7-4-12/h3-10,21H,1-2H3,(H2,18,19,20). The minimum Gasteiger partial charge on any atom is -0.508 e. The van der Waals surface area contributed by atoms with Crippen molar-refractivity contribution in [3.05, 3.63) is 54.1 Å². The molecule has 0 fully saturated rings. The molecule has 0 bridgehead atoms. The van der Waals surface area contributed by atoms with Crippen molar-refractivity contribution < 1.29 is 9.84 Å². The van der Waals surface area contributed by atoms with Crippen LogP contribution in [0.3, 0.4) is 0 Å². The maximum atomic E-state index is 9.44. The summed E-state index contributed by atoms with van der Waals surface area (Å²) in [6.07, 6.45) is 0. The molecule has 0 aliphatic carbocycles. The number of benzene rings is 2. The SMILES string of the molecule is COc1ccc(-c2cc(Nc3ccc(O)cc3C)n[nH]2)cc1. The molecule has 22 heavy (non-hydrogen) atoms. The van der Waals surface area contributed by atoms with Gasteiger partial charge in [-0.1, -0.05) is 0 Å². The minimum atomic E-state index is 0.254. The number of methoxy groups -OCH3 is 1. The second-order valence-electron chi connectivity index (χ2n) is 5.02. The lowest BCUT2D eigenvalue weighted by Gasteiger charge is -2.06. The fourth-order valence-electron chi connectivity index (χ4n) is 2.23. The topological polar surface area (TPSA) is 70.2 Å². The number of ether oxygens (including phenoxy) is 1. The van der Waals surface area contributed by atoms with Crippen molar-refractivity contribution in [2.45, 2.75) is 6.92 Å². The number of hydrogen-bond acceptors (Lipinski definition) is 4. The van der Waals surface area contributed by atoms with E-state index in [1.165, 1.54) is 0 Å². The number of nitrogens with zero attached hydrogens (tertiary/aromatic N) is 1. The third-order valence-electron chi connectivity index (χ3n) is 3.45. The van der Waals surface area contributed by atoms with E-state index in [1.807, 2.05) is 43.3 Å². The first-order chi connectivity index (χ1) is 10.7. The van der Waals surface area contributed by atoms with Gasteiger partial charge in [0, 0.05) is 11.8 Å². The van der Waals surface area contributed by atoms with E-state index >= 15 is 0 Å². The van der Waals surface area contributed by atoms with Crippen molar-refractivity contribution >= 4 is 11.5 Å². The molecule has 1 aromatic heterocycles. The average Bonchev–Trinajstić information content (AvgIpc) is 2.99. The fourth-order valence-corrected chi connectivity index (χ4v) is 2.23. The lowest BCUT2D eigenvalue weighted by molar-refractivity contribution is 0.415. The fraction of sp³-hybridized carbons (Fsp3) is 0.118. The Hall–Kier alpha value is -2.95. The van der Waals surface area contributed by atoms with Gasteiger partial charge in [-0.05, 0) is 60.5 Å². The number of aryl methyl sites for hydroxylation is 1. The number of nitrogens with one attached hydrogen (secondary N) is 2. The molecule has 5 heteroatoms. The Morgan fingerprint density at radius 2 is 1.86 bits per heavy atom. The van der Waals surface area contributed by atoms with E-state index in [2.05, 4.69) is 15.5 Å². The molecule has 3 rings (SSSR count). The van der Waals surface area contributed by atoms with Crippen molar-refractivity contribution in [3.63, 3.8) is 0 Å². The van der Waals surface area contributed by atoms with Gasteiger partial charge in [-0.25, -0.2) is 0 Å². The third kappa shape index (κ3) is 2.88. The van der Waals surface area contributed by atoms with Crippen LogP contribution in [-0.4, -0.2) is 22.4 Å². The van der Waals surface area contributed by atoms with E-state index in [-0.39, 0.29) is 5.75 Å². The molecule has 112 valence electrons. The van der Waals surface area contributed by atoms with E-state index in [1.54, 1.807) is 19.2 Å². The van der Waals surface area contributed by atoms with Gasteiger partial charge in [-0.15, -0.1) is 0 Å². The lowest BCUT2D eigenvalue weighted by Crippen LogP contribution is -1.92. The van der Waals surface area contributed by atoms with E-state index in [0.29, 0.717) is 0 Å². The molecule has 3 aromatic rings. The molecular formula is C17H17N3O2. The predicted molar refractivity (Wildman–Crippen MR) is 86.7 cm³/mol. The summed E-state index contributed by atoms with van der Waals surface area (Å²) in [5.41, 5.74) is 3.81. The van der Waals surface area contributed by atoms with Crippen molar-refractivity contribution in [1.29, 1.82) is 0 Å². The monoisotopic (exact) mass is 295 g/mol. The Balaban J connectivity index is 1.81. The Labute approximate surface area is 128 Å². The maximum Gasteiger partial charge on any atom is 0.152 e. The van der Waals surface area contributed by atoms with Crippen LogP contribution in [0.15, 0.2) is 48.5 Å². The normalized spacial score (nSPS) is 10.5. The number of H-pyrrole nitrogens is 1. The van der Waals surface area contributed by atoms with Crippen LogP contribution >= 0.6 is 0 Å². The first kappa shape index (κ1) is 14.0. The smallest absolute Gasteiger partial charge is 0.152 e. The molecule has 0 saturated heterocycles. The zero-order valence-electron chi connectivity index (χ0n) is 12.4. The molecular weight excluding hydrogens is 278 g/mol. The summed E-state index contributed by atoms with van der Waals surface area (Å²) in [6.45, 7) is 1.93. The second kappa shape index (κ2) is 5.81. The summed E-state index contributed by atoms with van der Waals surface area (Å²) in [5.74, 6) is 1.80. The number of aromatic amines is 1. The van der Waals surface area contributed by atoms with E-state index in [0.717, 1.165) is 34.1 Å². The molecule has 0 unspecified atom stereocenters. The molecule has 0 aliphatic rings.